The molecule has 2 rings (SSSR count). The van der Waals surface area contributed by atoms with Gasteiger partial charge in [0.2, 0.25) is 0 Å². The molecule has 0 aliphatic carbocycles. The zero-order valence-electron chi connectivity index (χ0n) is 11.4. The summed E-state index contributed by atoms with van der Waals surface area (Å²) < 4.78 is 5.10. The van der Waals surface area contributed by atoms with Crippen molar-refractivity contribution in [2.45, 2.75) is 13.0 Å². The third-order valence-electron chi connectivity index (χ3n) is 2.70. The number of ether oxygens (including phenoxy) is 1. The fourth-order valence-corrected chi connectivity index (χ4v) is 1.63. The van der Waals surface area contributed by atoms with E-state index in [0.717, 1.165) is 0 Å². The summed E-state index contributed by atoms with van der Waals surface area (Å²) in [5.74, 6) is -1.03. The molecule has 6 nitrogen and oxygen atoms in total. The number of benzene rings is 1. The number of hydrogen-bond donors (Lipinski definition) is 2. The number of anilines is 2. The highest BCUT2D eigenvalue weighted by Gasteiger charge is 2.19. The molecule has 1 aromatic carbocycles. The van der Waals surface area contributed by atoms with Crippen LogP contribution in [-0.4, -0.2) is 23.0 Å². The van der Waals surface area contributed by atoms with Gasteiger partial charge in [0.15, 0.2) is 6.10 Å². The van der Waals surface area contributed by atoms with Crippen LogP contribution in [0.5, 0.6) is 0 Å². The van der Waals surface area contributed by atoms with E-state index in [0.29, 0.717) is 16.9 Å². The summed E-state index contributed by atoms with van der Waals surface area (Å²) in [4.78, 5) is 27.7. The quantitative estimate of drug-likeness (QED) is 0.660. The van der Waals surface area contributed by atoms with Crippen LogP contribution in [0.2, 0.25) is 0 Å². The van der Waals surface area contributed by atoms with Gasteiger partial charge >= 0.3 is 5.97 Å². The summed E-state index contributed by atoms with van der Waals surface area (Å²) in [6, 6.07) is 9.76. The summed E-state index contributed by atoms with van der Waals surface area (Å²) in [6.07, 6.45) is 2.17. The second-order valence-corrected chi connectivity index (χ2v) is 4.40. The highest BCUT2D eigenvalue weighted by molar-refractivity contribution is 5.97. The molecule has 6 heteroatoms. The number of nitrogens with zero attached hydrogens (tertiary/aromatic N) is 1. The van der Waals surface area contributed by atoms with Crippen molar-refractivity contribution in [1.29, 1.82) is 0 Å². The zero-order valence-corrected chi connectivity index (χ0v) is 11.4. The number of nitrogen functional groups attached to an aromatic ring is 1. The van der Waals surface area contributed by atoms with Crippen LogP contribution in [0.3, 0.4) is 0 Å². The molecule has 2 aromatic rings. The van der Waals surface area contributed by atoms with Gasteiger partial charge in [-0.1, -0.05) is 6.07 Å². The van der Waals surface area contributed by atoms with Gasteiger partial charge in [-0.25, -0.2) is 4.79 Å². The van der Waals surface area contributed by atoms with E-state index in [1.807, 2.05) is 0 Å². The van der Waals surface area contributed by atoms with E-state index in [4.69, 9.17) is 10.5 Å². The number of carbonyl (C=O) groups excluding carboxylic acids is 2. The van der Waals surface area contributed by atoms with Crippen LogP contribution in [0.1, 0.15) is 17.3 Å². The number of hydrogen-bond acceptors (Lipinski definition) is 5. The first kappa shape index (κ1) is 14.5. The predicted octanol–water partition coefficient (Wildman–Crippen LogP) is 1.85. The van der Waals surface area contributed by atoms with E-state index in [1.54, 1.807) is 36.5 Å². The lowest BCUT2D eigenvalue weighted by molar-refractivity contribution is -0.123. The Morgan fingerprint density at radius 2 is 2.10 bits per heavy atom. The molecular formula is C15H15N3O3. The largest absolute Gasteiger partial charge is 0.449 e. The molecule has 1 amide bonds. The highest BCUT2D eigenvalue weighted by Crippen LogP contribution is 2.10. The molecule has 0 aliphatic heterocycles. The molecule has 108 valence electrons. The lowest BCUT2D eigenvalue weighted by atomic mass is 10.2. The standard InChI is InChI=1S/C15H15N3O3/c1-10(14(19)18-13-6-3-7-17-9-13)21-15(20)11-4-2-5-12(16)8-11/h2-10H,16H2,1H3,(H,18,19). The lowest BCUT2D eigenvalue weighted by Gasteiger charge is -2.13. The topological polar surface area (TPSA) is 94.3 Å². The molecule has 1 heterocycles. The summed E-state index contributed by atoms with van der Waals surface area (Å²) in [7, 11) is 0. The van der Waals surface area contributed by atoms with Crippen molar-refractivity contribution in [3.05, 3.63) is 54.4 Å². The molecule has 1 unspecified atom stereocenters. The third-order valence-corrected chi connectivity index (χ3v) is 2.70. The first-order valence-electron chi connectivity index (χ1n) is 6.33. The Kier molecular flexibility index (Phi) is 4.50. The fraction of sp³-hybridized carbons (Fsp3) is 0.133. The molecule has 0 radical (unpaired) electrons. The molecule has 0 bridgehead atoms. The number of nitrogens with one attached hydrogen (secondary N) is 1. The molecule has 0 saturated heterocycles. The minimum atomic E-state index is -0.931. The van der Waals surface area contributed by atoms with Crippen molar-refractivity contribution in [2.24, 2.45) is 0 Å². The van der Waals surface area contributed by atoms with E-state index in [1.165, 1.54) is 19.2 Å². The second-order valence-electron chi connectivity index (χ2n) is 4.40. The van der Waals surface area contributed by atoms with E-state index >= 15 is 0 Å². The molecule has 0 spiro atoms. The zero-order chi connectivity index (χ0) is 15.2. The van der Waals surface area contributed by atoms with Gasteiger partial charge in [-0.15, -0.1) is 0 Å². The molecule has 21 heavy (non-hydrogen) atoms. The monoisotopic (exact) mass is 285 g/mol. The third kappa shape index (κ3) is 4.04. The number of esters is 1. The molecule has 3 N–H and O–H groups in total. The van der Waals surface area contributed by atoms with Gasteiger partial charge in [0.25, 0.3) is 5.91 Å². The van der Waals surface area contributed by atoms with Crippen molar-refractivity contribution in [3.63, 3.8) is 0 Å². The van der Waals surface area contributed by atoms with Crippen molar-refractivity contribution in [3.8, 4) is 0 Å². The van der Waals surface area contributed by atoms with Gasteiger partial charge < -0.3 is 15.8 Å². The summed E-state index contributed by atoms with van der Waals surface area (Å²) in [6.45, 7) is 1.50. The van der Waals surface area contributed by atoms with Gasteiger partial charge in [0.1, 0.15) is 0 Å². The summed E-state index contributed by atoms with van der Waals surface area (Å²) in [5, 5.41) is 2.61. The smallest absolute Gasteiger partial charge is 0.338 e. The van der Waals surface area contributed by atoms with Crippen LogP contribution in [0.4, 0.5) is 11.4 Å². The fourth-order valence-electron chi connectivity index (χ4n) is 1.63. The van der Waals surface area contributed by atoms with Crippen LogP contribution >= 0.6 is 0 Å². The van der Waals surface area contributed by atoms with Crippen molar-refractivity contribution in [1.82, 2.24) is 4.98 Å². The SMILES string of the molecule is CC(OC(=O)c1cccc(N)c1)C(=O)Nc1cccnc1. The Hall–Kier alpha value is -2.89. The highest BCUT2D eigenvalue weighted by atomic mass is 16.5. The van der Waals surface area contributed by atoms with E-state index < -0.39 is 18.0 Å². The van der Waals surface area contributed by atoms with Gasteiger partial charge in [0.05, 0.1) is 17.4 Å². The molecule has 0 saturated carbocycles. The Labute approximate surface area is 121 Å². The maximum Gasteiger partial charge on any atom is 0.338 e. The Morgan fingerprint density at radius 3 is 2.76 bits per heavy atom. The molecular weight excluding hydrogens is 270 g/mol. The number of aromatic nitrogens is 1. The normalized spacial score (nSPS) is 11.5. The van der Waals surface area contributed by atoms with Crippen LogP contribution in [-0.2, 0) is 9.53 Å². The van der Waals surface area contributed by atoms with Crippen LogP contribution < -0.4 is 11.1 Å². The maximum atomic E-state index is 11.9. The van der Waals surface area contributed by atoms with Gasteiger partial charge in [-0.05, 0) is 37.3 Å². The minimum absolute atomic E-state index is 0.302. The van der Waals surface area contributed by atoms with Crippen LogP contribution in [0, 0.1) is 0 Å². The average molecular weight is 285 g/mol. The van der Waals surface area contributed by atoms with E-state index in [9.17, 15) is 9.59 Å². The molecule has 1 aromatic heterocycles. The first-order chi connectivity index (χ1) is 10.1. The first-order valence-corrected chi connectivity index (χ1v) is 6.33. The minimum Gasteiger partial charge on any atom is -0.449 e. The van der Waals surface area contributed by atoms with Crippen molar-refractivity contribution >= 4 is 23.3 Å². The number of carbonyl (C=O) groups is 2. The van der Waals surface area contributed by atoms with Crippen LogP contribution in [0.25, 0.3) is 0 Å². The van der Waals surface area contributed by atoms with Crippen LogP contribution in [0.15, 0.2) is 48.8 Å². The predicted molar refractivity (Wildman–Crippen MR) is 78.6 cm³/mol. The molecule has 0 fully saturated rings. The number of rotatable bonds is 4. The second kappa shape index (κ2) is 6.51. The van der Waals surface area contributed by atoms with Crippen molar-refractivity contribution in [2.75, 3.05) is 11.1 Å². The summed E-state index contributed by atoms with van der Waals surface area (Å²) >= 11 is 0. The van der Waals surface area contributed by atoms with Crippen molar-refractivity contribution < 1.29 is 14.3 Å². The number of amides is 1. The maximum absolute atomic E-state index is 11.9. The van der Waals surface area contributed by atoms with E-state index in [-0.39, 0.29) is 0 Å². The number of pyridine rings is 1. The Balaban J connectivity index is 1.96. The van der Waals surface area contributed by atoms with Gasteiger partial charge in [0, 0.05) is 11.9 Å². The van der Waals surface area contributed by atoms with Gasteiger partial charge in [-0.2, -0.15) is 0 Å². The summed E-state index contributed by atoms with van der Waals surface area (Å²) in [5.41, 5.74) is 6.89. The lowest BCUT2D eigenvalue weighted by Crippen LogP contribution is -2.30. The Bertz CT molecular complexity index is 644. The number of nitrogens with two attached hydrogens (primary N) is 1. The van der Waals surface area contributed by atoms with Gasteiger partial charge in [-0.3, -0.25) is 9.78 Å². The average Bonchev–Trinajstić information content (AvgIpc) is 2.48. The Morgan fingerprint density at radius 1 is 1.29 bits per heavy atom. The molecule has 0 aliphatic rings. The molecule has 1 atom stereocenters. The van der Waals surface area contributed by atoms with E-state index in [2.05, 4.69) is 10.3 Å².